The van der Waals surface area contributed by atoms with Gasteiger partial charge >= 0.3 is 0 Å². The highest BCUT2D eigenvalue weighted by molar-refractivity contribution is 9.10. The summed E-state index contributed by atoms with van der Waals surface area (Å²) in [6.45, 7) is 0.816. The Balaban J connectivity index is 2.16. The molecule has 1 aliphatic heterocycles. The zero-order valence-electron chi connectivity index (χ0n) is 8.20. The lowest BCUT2D eigenvalue weighted by atomic mass is 10.1. The molecule has 0 radical (unpaired) electrons. The highest BCUT2D eigenvalue weighted by atomic mass is 79.9. The van der Waals surface area contributed by atoms with Gasteiger partial charge in [-0.25, -0.2) is 0 Å². The maximum atomic E-state index is 11.1. The number of nitrogens with one attached hydrogen (secondary N) is 1. The number of hydrogen-bond acceptors (Lipinski definition) is 2. The third-order valence-corrected chi connectivity index (χ3v) is 3.12. The van der Waals surface area contributed by atoms with Gasteiger partial charge in [0.05, 0.1) is 6.10 Å². The molecule has 80 valence electrons. The van der Waals surface area contributed by atoms with Crippen molar-refractivity contribution < 1.29 is 9.53 Å². The summed E-state index contributed by atoms with van der Waals surface area (Å²) in [4.78, 5) is 11.1. The van der Waals surface area contributed by atoms with Gasteiger partial charge in [-0.2, -0.15) is 0 Å². The van der Waals surface area contributed by atoms with Crippen LogP contribution in [-0.4, -0.2) is 19.1 Å². The first-order chi connectivity index (χ1) is 7.27. The number of hydrogen-bond donors (Lipinski definition) is 1. The highest BCUT2D eigenvalue weighted by Gasteiger charge is 2.19. The molecule has 15 heavy (non-hydrogen) atoms. The Labute approximate surface area is 96.9 Å². The van der Waals surface area contributed by atoms with Crippen LogP contribution < -0.4 is 5.32 Å². The minimum Gasteiger partial charge on any atom is -0.364 e. The molecule has 1 aromatic carbocycles. The first-order valence-electron chi connectivity index (χ1n) is 4.90. The van der Waals surface area contributed by atoms with Crippen LogP contribution in [0.25, 0.3) is 0 Å². The zero-order valence-corrected chi connectivity index (χ0v) is 9.79. The first-order valence-corrected chi connectivity index (χ1v) is 5.69. The third-order valence-electron chi connectivity index (χ3n) is 2.40. The van der Waals surface area contributed by atoms with E-state index in [0.717, 1.165) is 16.5 Å². The summed E-state index contributed by atoms with van der Waals surface area (Å²) in [5, 5.41) is 2.78. The number of ether oxygens (including phenoxy) is 1. The van der Waals surface area contributed by atoms with E-state index in [4.69, 9.17) is 4.74 Å². The van der Waals surface area contributed by atoms with Crippen LogP contribution in [0.2, 0.25) is 0 Å². The molecule has 1 atom stereocenters. The van der Waals surface area contributed by atoms with E-state index in [1.165, 1.54) is 0 Å². The lowest BCUT2D eigenvalue weighted by Crippen LogP contribution is -2.24. The number of rotatable bonds is 1. The molecule has 1 aliphatic rings. The van der Waals surface area contributed by atoms with E-state index >= 15 is 0 Å². The number of halogens is 1. The smallest absolute Gasteiger partial charge is 0.246 e. The Morgan fingerprint density at radius 3 is 3.00 bits per heavy atom. The van der Waals surface area contributed by atoms with Crippen LogP contribution in [0, 0.1) is 0 Å². The third kappa shape index (κ3) is 2.58. The van der Waals surface area contributed by atoms with Crippen molar-refractivity contribution in [2.24, 2.45) is 0 Å². The van der Waals surface area contributed by atoms with Crippen LogP contribution in [0.3, 0.4) is 0 Å². The van der Waals surface area contributed by atoms with Crippen molar-refractivity contribution in [2.45, 2.75) is 12.5 Å². The van der Waals surface area contributed by atoms with E-state index in [1.54, 1.807) is 0 Å². The van der Waals surface area contributed by atoms with Gasteiger partial charge in [-0.3, -0.25) is 4.79 Å². The first kappa shape index (κ1) is 10.6. The molecule has 1 amide bonds. The van der Waals surface area contributed by atoms with Crippen LogP contribution >= 0.6 is 15.9 Å². The molecule has 2 rings (SSSR count). The molecule has 1 aromatic rings. The Morgan fingerprint density at radius 2 is 2.20 bits per heavy atom. The fourth-order valence-corrected chi connectivity index (χ4v) is 2.17. The van der Waals surface area contributed by atoms with Gasteiger partial charge in [0.1, 0.15) is 6.61 Å². The Bertz CT molecular complexity index is 367. The lowest BCUT2D eigenvalue weighted by Gasteiger charge is -2.15. The number of benzene rings is 1. The topological polar surface area (TPSA) is 38.3 Å². The molecule has 0 spiro atoms. The average Bonchev–Trinajstić information content (AvgIpc) is 2.44. The van der Waals surface area contributed by atoms with Gasteiger partial charge in [-0.15, -0.1) is 0 Å². The summed E-state index contributed by atoms with van der Waals surface area (Å²) in [6, 6.07) is 7.95. The lowest BCUT2D eigenvalue weighted by molar-refractivity contribution is -0.125. The average molecular weight is 270 g/mol. The summed E-state index contributed by atoms with van der Waals surface area (Å²) >= 11 is 3.49. The van der Waals surface area contributed by atoms with Gasteiger partial charge in [0.15, 0.2) is 0 Å². The summed E-state index contributed by atoms with van der Waals surface area (Å²) in [5.41, 5.74) is 1.11. The predicted octanol–water partition coefficient (Wildman–Crippen LogP) is 2.03. The van der Waals surface area contributed by atoms with Crippen molar-refractivity contribution in [3.8, 4) is 0 Å². The van der Waals surface area contributed by atoms with Crippen LogP contribution in [0.4, 0.5) is 0 Å². The van der Waals surface area contributed by atoms with E-state index in [-0.39, 0.29) is 18.6 Å². The molecule has 0 bridgehead atoms. The Morgan fingerprint density at radius 1 is 1.40 bits per heavy atom. The zero-order chi connectivity index (χ0) is 10.7. The maximum absolute atomic E-state index is 11.1. The van der Waals surface area contributed by atoms with Gasteiger partial charge < -0.3 is 10.1 Å². The monoisotopic (exact) mass is 269 g/mol. The molecular formula is C11H12BrNO2. The maximum Gasteiger partial charge on any atom is 0.246 e. The predicted molar refractivity (Wildman–Crippen MR) is 60.5 cm³/mol. The van der Waals surface area contributed by atoms with Crippen molar-refractivity contribution in [3.63, 3.8) is 0 Å². The molecule has 0 aliphatic carbocycles. The highest BCUT2D eigenvalue weighted by Crippen LogP contribution is 2.28. The van der Waals surface area contributed by atoms with Gasteiger partial charge in [0.25, 0.3) is 0 Å². The SMILES string of the molecule is O=C1COC(c2ccccc2Br)CCN1. The second-order valence-electron chi connectivity index (χ2n) is 3.46. The Kier molecular flexibility index (Phi) is 3.38. The van der Waals surface area contributed by atoms with Gasteiger partial charge in [-0.1, -0.05) is 34.1 Å². The summed E-state index contributed by atoms with van der Waals surface area (Å²) in [5.74, 6) is -0.0375. The quantitative estimate of drug-likeness (QED) is 0.847. The molecule has 1 fully saturated rings. The fraction of sp³-hybridized carbons (Fsp3) is 0.364. The van der Waals surface area contributed by atoms with E-state index in [9.17, 15) is 4.79 Å². The molecule has 0 aromatic heterocycles. The molecule has 1 saturated heterocycles. The second kappa shape index (κ2) is 4.77. The summed E-state index contributed by atoms with van der Waals surface area (Å²) in [6.07, 6.45) is 0.813. The normalized spacial score (nSPS) is 21.9. The molecule has 3 nitrogen and oxygen atoms in total. The molecular weight excluding hydrogens is 258 g/mol. The summed E-state index contributed by atoms with van der Waals surface area (Å²) < 4.78 is 6.57. The van der Waals surface area contributed by atoms with Crippen molar-refractivity contribution >= 4 is 21.8 Å². The van der Waals surface area contributed by atoms with Crippen LogP contribution in [-0.2, 0) is 9.53 Å². The van der Waals surface area contributed by atoms with Crippen molar-refractivity contribution in [1.82, 2.24) is 5.32 Å². The van der Waals surface area contributed by atoms with Crippen LogP contribution in [0.5, 0.6) is 0 Å². The standard InChI is InChI=1S/C11H12BrNO2/c12-9-4-2-1-3-8(9)10-5-6-13-11(14)7-15-10/h1-4,10H,5-7H2,(H,13,14). The minimum atomic E-state index is -0.0375. The van der Waals surface area contributed by atoms with Crippen LogP contribution in [0.15, 0.2) is 28.7 Å². The minimum absolute atomic E-state index is 0.000440. The van der Waals surface area contributed by atoms with E-state index in [0.29, 0.717) is 6.54 Å². The van der Waals surface area contributed by atoms with E-state index < -0.39 is 0 Å². The van der Waals surface area contributed by atoms with Gasteiger partial charge in [0.2, 0.25) is 5.91 Å². The van der Waals surface area contributed by atoms with Crippen LogP contribution in [0.1, 0.15) is 18.1 Å². The molecule has 1 N–H and O–H groups in total. The molecule has 1 heterocycles. The van der Waals surface area contributed by atoms with Gasteiger partial charge in [-0.05, 0) is 18.1 Å². The fourth-order valence-electron chi connectivity index (χ4n) is 1.63. The van der Waals surface area contributed by atoms with E-state index in [1.807, 2.05) is 24.3 Å². The summed E-state index contributed by atoms with van der Waals surface area (Å²) in [7, 11) is 0. The second-order valence-corrected chi connectivity index (χ2v) is 4.31. The van der Waals surface area contributed by atoms with Gasteiger partial charge in [0, 0.05) is 11.0 Å². The molecule has 0 saturated carbocycles. The molecule has 4 heteroatoms. The van der Waals surface area contributed by atoms with E-state index in [2.05, 4.69) is 21.2 Å². The van der Waals surface area contributed by atoms with Crippen molar-refractivity contribution in [3.05, 3.63) is 34.3 Å². The number of carbonyl (C=O) groups is 1. The largest absolute Gasteiger partial charge is 0.364 e. The number of amides is 1. The molecule has 1 unspecified atom stereocenters. The van der Waals surface area contributed by atoms with Crippen molar-refractivity contribution in [1.29, 1.82) is 0 Å². The Hall–Kier alpha value is -0.870. The number of carbonyl (C=O) groups excluding carboxylic acids is 1. The van der Waals surface area contributed by atoms with Crippen molar-refractivity contribution in [2.75, 3.05) is 13.2 Å².